The summed E-state index contributed by atoms with van der Waals surface area (Å²) in [6.45, 7) is 4.59. The molecular formula is C24H30O4. The van der Waals surface area contributed by atoms with Crippen molar-refractivity contribution in [3.63, 3.8) is 0 Å². The monoisotopic (exact) mass is 382 g/mol. The number of ketones is 1. The van der Waals surface area contributed by atoms with Gasteiger partial charge >= 0.3 is 5.63 Å². The number of allylic oxidation sites excluding steroid dienone is 1. The molecule has 0 radical (unpaired) electrons. The standard InChI is InChI=1S/C24H30O4/c1-22-10-7-17(25)13-16(22)4-5-20-19(22)8-11-23(2)18(9-12-24(20,23)27)15-3-6-21(26)28-14-15/h3,6,13-14,18-20,27H,4-5,7-12H2,1-2H3/t18-,19?,20?,22?,23-,24+/m1/s1. The minimum atomic E-state index is -0.688. The summed E-state index contributed by atoms with van der Waals surface area (Å²) in [6, 6.07) is 3.38. The van der Waals surface area contributed by atoms with Crippen LogP contribution in [0.2, 0.25) is 0 Å². The van der Waals surface area contributed by atoms with Crippen LogP contribution in [-0.4, -0.2) is 16.5 Å². The molecule has 28 heavy (non-hydrogen) atoms. The number of hydrogen-bond donors (Lipinski definition) is 1. The van der Waals surface area contributed by atoms with Crippen molar-refractivity contribution < 1.29 is 14.3 Å². The fourth-order valence-corrected chi connectivity index (χ4v) is 7.63. The molecule has 1 aromatic heterocycles. The van der Waals surface area contributed by atoms with E-state index in [0.717, 1.165) is 50.5 Å². The van der Waals surface area contributed by atoms with E-state index in [-0.39, 0.29) is 34.1 Å². The van der Waals surface area contributed by atoms with Crippen LogP contribution in [0.15, 0.2) is 39.3 Å². The molecule has 1 aromatic rings. The first-order valence-electron chi connectivity index (χ1n) is 10.8. The van der Waals surface area contributed by atoms with E-state index in [4.69, 9.17) is 4.42 Å². The van der Waals surface area contributed by atoms with Crippen molar-refractivity contribution >= 4 is 5.78 Å². The lowest BCUT2D eigenvalue weighted by Gasteiger charge is -2.61. The molecule has 1 heterocycles. The van der Waals surface area contributed by atoms with Crippen LogP contribution in [0.4, 0.5) is 0 Å². The Hall–Kier alpha value is -1.68. The van der Waals surface area contributed by atoms with E-state index in [0.29, 0.717) is 12.3 Å². The zero-order valence-corrected chi connectivity index (χ0v) is 16.9. The molecule has 0 aliphatic heterocycles. The van der Waals surface area contributed by atoms with Gasteiger partial charge in [-0.05, 0) is 85.8 Å². The largest absolute Gasteiger partial charge is 0.431 e. The van der Waals surface area contributed by atoms with Crippen LogP contribution in [0.3, 0.4) is 0 Å². The third-order valence-corrected chi connectivity index (χ3v) is 9.27. The predicted octanol–water partition coefficient (Wildman–Crippen LogP) is 4.37. The number of carbonyl (C=O) groups is 1. The van der Waals surface area contributed by atoms with Crippen molar-refractivity contribution in [3.05, 3.63) is 46.0 Å². The highest BCUT2D eigenvalue weighted by atomic mass is 16.4. The number of hydrogen-bond acceptors (Lipinski definition) is 4. The highest BCUT2D eigenvalue weighted by molar-refractivity contribution is 5.91. The molecule has 3 unspecified atom stereocenters. The van der Waals surface area contributed by atoms with Gasteiger partial charge in [0.05, 0.1) is 11.9 Å². The van der Waals surface area contributed by atoms with E-state index in [1.165, 1.54) is 11.6 Å². The van der Waals surface area contributed by atoms with Crippen LogP contribution in [0.5, 0.6) is 0 Å². The fourth-order valence-electron chi connectivity index (χ4n) is 7.63. The maximum atomic E-state index is 12.1. The van der Waals surface area contributed by atoms with Crippen LogP contribution in [0, 0.1) is 22.7 Å². The number of fused-ring (bicyclic) bond motifs is 5. The summed E-state index contributed by atoms with van der Waals surface area (Å²) in [5.74, 6) is 1.23. The first-order chi connectivity index (χ1) is 13.3. The molecule has 0 bridgehead atoms. The van der Waals surface area contributed by atoms with Crippen LogP contribution in [0.25, 0.3) is 0 Å². The zero-order chi connectivity index (χ0) is 19.7. The van der Waals surface area contributed by atoms with Crippen LogP contribution >= 0.6 is 0 Å². The van der Waals surface area contributed by atoms with Crippen molar-refractivity contribution in [1.82, 2.24) is 0 Å². The second-order valence-corrected chi connectivity index (χ2v) is 10.2. The van der Waals surface area contributed by atoms with Gasteiger partial charge < -0.3 is 9.52 Å². The lowest BCUT2D eigenvalue weighted by atomic mass is 9.45. The maximum Gasteiger partial charge on any atom is 0.335 e. The molecule has 4 aliphatic rings. The van der Waals surface area contributed by atoms with Gasteiger partial charge in [0.1, 0.15) is 0 Å². The van der Waals surface area contributed by atoms with Crippen molar-refractivity contribution in [2.24, 2.45) is 22.7 Å². The second-order valence-electron chi connectivity index (χ2n) is 10.2. The van der Waals surface area contributed by atoms with Crippen LogP contribution in [0.1, 0.15) is 76.7 Å². The topological polar surface area (TPSA) is 67.5 Å². The first kappa shape index (κ1) is 18.4. The van der Waals surface area contributed by atoms with Crippen molar-refractivity contribution in [2.75, 3.05) is 0 Å². The van der Waals surface area contributed by atoms with E-state index in [9.17, 15) is 14.7 Å². The van der Waals surface area contributed by atoms with Crippen LogP contribution in [-0.2, 0) is 4.79 Å². The summed E-state index contributed by atoms with van der Waals surface area (Å²) in [5, 5.41) is 12.1. The molecule has 4 heteroatoms. The van der Waals surface area contributed by atoms with E-state index in [2.05, 4.69) is 13.8 Å². The Kier molecular flexibility index (Phi) is 3.88. The lowest BCUT2D eigenvalue weighted by Crippen LogP contribution is -2.60. The molecule has 150 valence electrons. The van der Waals surface area contributed by atoms with Gasteiger partial charge in [0.2, 0.25) is 0 Å². The molecule has 4 nitrogen and oxygen atoms in total. The quantitative estimate of drug-likeness (QED) is 0.783. The molecular weight excluding hydrogens is 352 g/mol. The molecule has 0 amide bonds. The summed E-state index contributed by atoms with van der Waals surface area (Å²) < 4.78 is 5.16. The van der Waals surface area contributed by atoms with Gasteiger partial charge in [0.15, 0.2) is 5.78 Å². The summed E-state index contributed by atoms with van der Waals surface area (Å²) in [5.41, 5.74) is 1.23. The van der Waals surface area contributed by atoms with Crippen molar-refractivity contribution in [1.29, 1.82) is 0 Å². The summed E-state index contributed by atoms with van der Waals surface area (Å²) in [6.07, 6.45) is 10.8. The summed E-state index contributed by atoms with van der Waals surface area (Å²) in [7, 11) is 0. The summed E-state index contributed by atoms with van der Waals surface area (Å²) >= 11 is 0. The molecule has 5 rings (SSSR count). The molecule has 0 aromatic carbocycles. The minimum Gasteiger partial charge on any atom is -0.431 e. The van der Waals surface area contributed by atoms with E-state index >= 15 is 0 Å². The van der Waals surface area contributed by atoms with Gasteiger partial charge in [0, 0.05) is 17.9 Å². The van der Waals surface area contributed by atoms with Crippen molar-refractivity contribution in [2.45, 2.75) is 76.7 Å². The third kappa shape index (κ3) is 2.27. The second kappa shape index (κ2) is 5.91. The molecule has 1 N–H and O–H groups in total. The molecule has 3 fully saturated rings. The summed E-state index contributed by atoms with van der Waals surface area (Å²) in [4.78, 5) is 23.4. The Balaban J connectivity index is 1.52. The first-order valence-corrected chi connectivity index (χ1v) is 10.8. The zero-order valence-electron chi connectivity index (χ0n) is 16.9. The number of aliphatic hydroxyl groups is 1. The van der Waals surface area contributed by atoms with Gasteiger partial charge in [-0.2, -0.15) is 0 Å². The van der Waals surface area contributed by atoms with Gasteiger partial charge in [-0.3, -0.25) is 4.79 Å². The van der Waals surface area contributed by atoms with Crippen molar-refractivity contribution in [3.8, 4) is 0 Å². The predicted molar refractivity (Wildman–Crippen MR) is 106 cm³/mol. The Bertz CT molecular complexity index is 893. The fraction of sp³-hybridized carbons (Fsp3) is 0.667. The van der Waals surface area contributed by atoms with E-state index in [1.54, 1.807) is 6.26 Å². The highest BCUT2D eigenvalue weighted by Gasteiger charge is 2.66. The average molecular weight is 383 g/mol. The van der Waals surface area contributed by atoms with Gasteiger partial charge in [-0.1, -0.05) is 19.4 Å². The normalized spacial score (nSPS) is 45.0. The highest BCUT2D eigenvalue weighted by Crippen LogP contribution is 2.69. The smallest absolute Gasteiger partial charge is 0.335 e. The lowest BCUT2D eigenvalue weighted by molar-refractivity contribution is -0.177. The molecule has 6 atom stereocenters. The van der Waals surface area contributed by atoms with Crippen LogP contribution < -0.4 is 5.63 Å². The maximum absolute atomic E-state index is 12.1. The van der Waals surface area contributed by atoms with Gasteiger partial charge in [-0.15, -0.1) is 0 Å². The third-order valence-electron chi connectivity index (χ3n) is 9.27. The molecule has 3 saturated carbocycles. The van der Waals surface area contributed by atoms with Gasteiger partial charge in [-0.25, -0.2) is 4.79 Å². The van der Waals surface area contributed by atoms with E-state index in [1.807, 2.05) is 12.1 Å². The Morgan fingerprint density at radius 2 is 1.82 bits per heavy atom. The Morgan fingerprint density at radius 3 is 2.57 bits per heavy atom. The SMILES string of the molecule is CC12CCC(=O)C=C1CCC1C2CC[C@]2(C)[C@@H](c3ccc(=O)oc3)CC[C@]12O. The van der Waals surface area contributed by atoms with E-state index < -0.39 is 5.60 Å². The molecule has 0 saturated heterocycles. The average Bonchev–Trinajstić information content (AvgIpc) is 2.95. The Morgan fingerprint density at radius 1 is 1.00 bits per heavy atom. The number of carbonyl (C=O) groups excluding carboxylic acids is 1. The minimum absolute atomic E-state index is 0.0610. The molecule has 0 spiro atoms. The Labute approximate surface area is 166 Å². The molecule has 4 aliphatic carbocycles. The number of rotatable bonds is 1. The van der Waals surface area contributed by atoms with Gasteiger partial charge in [0.25, 0.3) is 0 Å².